The smallest absolute Gasteiger partial charge is 0.335 e. The Labute approximate surface area is 243 Å². The number of aromatic nitrogens is 4. The van der Waals surface area contributed by atoms with Gasteiger partial charge in [0.25, 0.3) is 5.91 Å². The lowest BCUT2D eigenvalue weighted by molar-refractivity contribution is -0.127. The van der Waals surface area contributed by atoms with Crippen molar-refractivity contribution in [3.8, 4) is 23.3 Å². The second-order valence-corrected chi connectivity index (χ2v) is 10.8. The summed E-state index contributed by atoms with van der Waals surface area (Å²) < 4.78 is 8.92. The number of carbonyl (C=O) groups excluding carboxylic acids is 1. The lowest BCUT2D eigenvalue weighted by Crippen LogP contribution is -2.42. The topological polar surface area (TPSA) is 144 Å². The van der Waals surface area contributed by atoms with E-state index in [1.807, 2.05) is 51.1 Å². The van der Waals surface area contributed by atoms with Crippen LogP contribution in [0, 0.1) is 11.3 Å². The number of nitrogens with two attached hydrogens (primary N) is 1. The van der Waals surface area contributed by atoms with Gasteiger partial charge in [0.1, 0.15) is 35.0 Å². The van der Waals surface area contributed by atoms with Crippen molar-refractivity contribution in [3.63, 3.8) is 0 Å². The number of nitrogens with zero attached hydrogens (tertiary/aromatic N) is 6. The van der Waals surface area contributed by atoms with Crippen LogP contribution >= 0.6 is 0 Å². The van der Waals surface area contributed by atoms with E-state index in [2.05, 4.69) is 21.4 Å². The first-order valence-electron chi connectivity index (χ1n) is 14.0. The highest BCUT2D eigenvalue weighted by Crippen LogP contribution is 2.27. The molecule has 5 rings (SSSR count). The molecule has 1 atom stereocenters. The fourth-order valence-corrected chi connectivity index (χ4v) is 5.46. The van der Waals surface area contributed by atoms with Crippen LogP contribution in [-0.2, 0) is 11.3 Å². The van der Waals surface area contributed by atoms with Crippen molar-refractivity contribution in [2.45, 2.75) is 51.7 Å². The van der Waals surface area contributed by atoms with Crippen LogP contribution in [0.15, 0.2) is 77.4 Å². The standard InChI is InChI=1S/C31H34N8O3/c1-4-36-31(2,3)17-21(18-32)29(40)37-16-8-9-23(37)19-38-28-26(27(33)34-20-35-28)39(30(38)41)22-12-14-25(15-13-22)42-24-10-6-5-7-11-24/h5-7,10-15,17,20,23,36H,4,8-9,16,19H2,1-3H3,(H2,33,34,35). The van der Waals surface area contributed by atoms with Crippen LogP contribution in [0.25, 0.3) is 16.9 Å². The number of benzene rings is 2. The number of nitrogens with one attached hydrogen (secondary N) is 1. The quantitative estimate of drug-likeness (QED) is 0.230. The third kappa shape index (κ3) is 5.75. The number of likely N-dealkylation sites (N-methyl/N-ethyl adjacent to an activating group) is 1. The Morgan fingerprint density at radius 2 is 1.88 bits per heavy atom. The summed E-state index contributed by atoms with van der Waals surface area (Å²) in [6, 6.07) is 18.3. The molecule has 1 fully saturated rings. The second-order valence-electron chi connectivity index (χ2n) is 10.8. The number of rotatable bonds is 9. The van der Waals surface area contributed by atoms with E-state index < -0.39 is 5.54 Å². The third-order valence-corrected chi connectivity index (χ3v) is 7.33. The normalized spacial score (nSPS) is 15.6. The average Bonchev–Trinajstić information content (AvgIpc) is 3.55. The Kier molecular flexibility index (Phi) is 8.08. The number of hydrogen-bond acceptors (Lipinski definition) is 8. The van der Waals surface area contributed by atoms with Crippen molar-refractivity contribution in [2.75, 3.05) is 18.8 Å². The summed E-state index contributed by atoms with van der Waals surface area (Å²) in [7, 11) is 0. The number of nitrogen functional groups attached to an aromatic ring is 1. The maximum absolute atomic E-state index is 13.9. The molecule has 1 aliphatic heterocycles. The summed E-state index contributed by atoms with van der Waals surface area (Å²) in [4.78, 5) is 37.7. The van der Waals surface area contributed by atoms with Crippen molar-refractivity contribution in [1.82, 2.24) is 29.3 Å². The van der Waals surface area contributed by atoms with E-state index in [0.717, 1.165) is 6.42 Å². The number of anilines is 1. The summed E-state index contributed by atoms with van der Waals surface area (Å²) in [5.74, 6) is 1.14. The highest BCUT2D eigenvalue weighted by Gasteiger charge is 2.33. The zero-order valence-corrected chi connectivity index (χ0v) is 23.9. The number of ether oxygens (including phenoxy) is 1. The van der Waals surface area contributed by atoms with Gasteiger partial charge >= 0.3 is 5.69 Å². The van der Waals surface area contributed by atoms with E-state index >= 15 is 0 Å². The van der Waals surface area contributed by atoms with E-state index in [-0.39, 0.29) is 35.6 Å². The van der Waals surface area contributed by atoms with E-state index in [1.54, 1.807) is 35.2 Å². The average molecular weight is 567 g/mol. The van der Waals surface area contributed by atoms with Crippen molar-refractivity contribution >= 4 is 22.9 Å². The zero-order valence-electron chi connectivity index (χ0n) is 23.9. The highest BCUT2D eigenvalue weighted by atomic mass is 16.5. The Morgan fingerprint density at radius 1 is 1.17 bits per heavy atom. The molecule has 1 unspecified atom stereocenters. The molecule has 3 heterocycles. The Balaban J connectivity index is 1.47. The first kappa shape index (κ1) is 28.6. The molecular weight excluding hydrogens is 532 g/mol. The predicted octanol–water partition coefficient (Wildman–Crippen LogP) is 3.79. The summed E-state index contributed by atoms with van der Waals surface area (Å²) in [6.07, 6.45) is 4.45. The lowest BCUT2D eigenvalue weighted by atomic mass is 10.0. The maximum Gasteiger partial charge on any atom is 0.335 e. The minimum Gasteiger partial charge on any atom is -0.457 e. The summed E-state index contributed by atoms with van der Waals surface area (Å²) in [6.45, 7) is 7.20. The van der Waals surface area contributed by atoms with Crippen molar-refractivity contribution in [3.05, 3.63) is 83.1 Å². The van der Waals surface area contributed by atoms with Gasteiger partial charge in [0.2, 0.25) is 0 Å². The number of para-hydroxylation sites is 1. The SMILES string of the molecule is CCNC(C)(C)C=C(C#N)C(=O)N1CCCC1Cn1c(=O)n(-c2ccc(Oc3ccccc3)cc2)c2c(N)ncnc21. The molecule has 4 aromatic rings. The Bertz CT molecular complexity index is 1720. The highest BCUT2D eigenvalue weighted by molar-refractivity contribution is 5.97. The minimum atomic E-state index is -0.523. The van der Waals surface area contributed by atoms with Gasteiger partial charge in [-0.3, -0.25) is 13.9 Å². The van der Waals surface area contributed by atoms with Crippen molar-refractivity contribution < 1.29 is 9.53 Å². The first-order chi connectivity index (χ1) is 20.2. The lowest BCUT2D eigenvalue weighted by Gasteiger charge is -2.26. The number of likely N-dealkylation sites (tertiary alicyclic amines) is 1. The van der Waals surface area contributed by atoms with Crippen molar-refractivity contribution in [1.29, 1.82) is 5.26 Å². The van der Waals surface area contributed by atoms with Crippen LogP contribution in [0.2, 0.25) is 0 Å². The van der Waals surface area contributed by atoms with Gasteiger partial charge in [0, 0.05) is 18.6 Å². The van der Waals surface area contributed by atoms with Crippen LogP contribution in [0.3, 0.4) is 0 Å². The van der Waals surface area contributed by atoms with E-state index in [9.17, 15) is 14.9 Å². The number of fused-ring (bicyclic) bond motifs is 1. The fourth-order valence-electron chi connectivity index (χ4n) is 5.46. The molecule has 1 amide bonds. The molecule has 2 aromatic carbocycles. The molecular formula is C31H34N8O3. The van der Waals surface area contributed by atoms with Gasteiger partial charge in [-0.05, 0) is 75.7 Å². The summed E-state index contributed by atoms with van der Waals surface area (Å²) in [5, 5.41) is 13.1. The van der Waals surface area contributed by atoms with Gasteiger partial charge in [-0.25, -0.2) is 14.8 Å². The zero-order chi connectivity index (χ0) is 29.9. The molecule has 2 aromatic heterocycles. The molecule has 0 aliphatic carbocycles. The minimum absolute atomic E-state index is 0.0759. The van der Waals surface area contributed by atoms with Crippen molar-refractivity contribution in [2.24, 2.45) is 0 Å². The molecule has 0 radical (unpaired) electrons. The van der Waals surface area contributed by atoms with Gasteiger partial charge in [0.15, 0.2) is 11.5 Å². The largest absolute Gasteiger partial charge is 0.457 e. The Hall–Kier alpha value is -4.95. The van der Waals surface area contributed by atoms with Crippen LogP contribution < -0.4 is 21.5 Å². The summed E-state index contributed by atoms with van der Waals surface area (Å²) >= 11 is 0. The van der Waals surface area contributed by atoms with Gasteiger partial charge in [-0.1, -0.05) is 25.1 Å². The number of imidazole rings is 1. The predicted molar refractivity (Wildman–Crippen MR) is 160 cm³/mol. The van der Waals surface area contributed by atoms with Gasteiger partial charge in [-0.2, -0.15) is 5.26 Å². The van der Waals surface area contributed by atoms with Crippen LogP contribution in [0.1, 0.15) is 33.6 Å². The molecule has 3 N–H and O–H groups in total. The van der Waals surface area contributed by atoms with Gasteiger partial charge in [-0.15, -0.1) is 0 Å². The molecule has 1 aliphatic rings. The van der Waals surface area contributed by atoms with Crippen LogP contribution in [0.5, 0.6) is 11.5 Å². The molecule has 216 valence electrons. The van der Waals surface area contributed by atoms with Gasteiger partial charge in [0.05, 0.1) is 11.7 Å². The second kappa shape index (κ2) is 11.9. The molecule has 0 saturated carbocycles. The third-order valence-electron chi connectivity index (χ3n) is 7.33. The van der Waals surface area contributed by atoms with E-state index in [4.69, 9.17) is 10.5 Å². The van der Waals surface area contributed by atoms with Gasteiger partial charge < -0.3 is 20.7 Å². The van der Waals surface area contributed by atoms with Crippen LogP contribution in [0.4, 0.5) is 5.82 Å². The van der Waals surface area contributed by atoms with E-state index in [0.29, 0.717) is 47.9 Å². The fraction of sp³-hybridized carbons (Fsp3) is 0.323. The molecule has 0 spiro atoms. The molecule has 42 heavy (non-hydrogen) atoms. The molecule has 11 nitrogen and oxygen atoms in total. The summed E-state index contributed by atoms with van der Waals surface area (Å²) in [5.41, 5.74) is 6.81. The molecule has 0 bridgehead atoms. The number of amides is 1. The number of carbonyl (C=O) groups is 1. The number of hydrogen-bond donors (Lipinski definition) is 2. The van der Waals surface area contributed by atoms with E-state index in [1.165, 1.54) is 15.5 Å². The monoisotopic (exact) mass is 566 g/mol. The first-order valence-corrected chi connectivity index (χ1v) is 14.0. The molecule has 11 heteroatoms. The molecule has 1 saturated heterocycles. The maximum atomic E-state index is 13.9. The number of nitriles is 1. The van der Waals surface area contributed by atoms with Crippen LogP contribution in [-0.4, -0.2) is 54.6 Å². The Morgan fingerprint density at radius 3 is 2.57 bits per heavy atom.